The predicted octanol–water partition coefficient (Wildman–Crippen LogP) is 1.79. The number of hydrogen-bond acceptors (Lipinski definition) is 4. The Labute approximate surface area is 124 Å². The fourth-order valence-electron chi connectivity index (χ4n) is 1.78. The van der Waals surface area contributed by atoms with Crippen molar-refractivity contribution in [2.45, 2.75) is 26.3 Å². The molecular formula is C15H21NO5. The van der Waals surface area contributed by atoms with Crippen LogP contribution < -0.4 is 9.47 Å². The number of carbonyl (C=O) groups is 2. The third kappa shape index (κ3) is 5.72. The molecule has 0 heterocycles. The van der Waals surface area contributed by atoms with E-state index in [0.717, 1.165) is 5.75 Å². The highest BCUT2D eigenvalue weighted by molar-refractivity contribution is 5.81. The van der Waals surface area contributed by atoms with E-state index in [1.165, 1.54) is 4.90 Å². The minimum atomic E-state index is -1.02. The molecule has 116 valence electrons. The third-order valence-electron chi connectivity index (χ3n) is 2.89. The van der Waals surface area contributed by atoms with E-state index in [-0.39, 0.29) is 31.5 Å². The smallest absolute Gasteiger partial charge is 0.323 e. The van der Waals surface area contributed by atoms with Gasteiger partial charge in [-0.25, -0.2) is 0 Å². The van der Waals surface area contributed by atoms with E-state index in [0.29, 0.717) is 5.75 Å². The fraction of sp³-hybridized carbons (Fsp3) is 0.467. The van der Waals surface area contributed by atoms with Gasteiger partial charge in [0.05, 0.1) is 20.1 Å². The Balaban J connectivity index is 2.45. The van der Waals surface area contributed by atoms with Crippen LogP contribution in [-0.2, 0) is 9.59 Å². The lowest BCUT2D eigenvalue weighted by Crippen LogP contribution is -2.41. The van der Waals surface area contributed by atoms with Crippen LogP contribution in [0.4, 0.5) is 0 Å². The second-order valence-electron chi connectivity index (χ2n) is 4.78. The number of carboxylic acid groups (broad SMARTS) is 1. The summed E-state index contributed by atoms with van der Waals surface area (Å²) in [4.78, 5) is 24.0. The van der Waals surface area contributed by atoms with Crippen molar-refractivity contribution >= 4 is 11.9 Å². The Hall–Kier alpha value is -2.24. The molecule has 1 N–H and O–H groups in total. The molecule has 21 heavy (non-hydrogen) atoms. The standard InChI is InChI=1S/C15H21NO5/c1-11(2)16(10-15(18)19)14(17)8-9-21-13-6-4-12(20-3)5-7-13/h4-7,11H,8-10H2,1-3H3,(H,18,19). The van der Waals surface area contributed by atoms with Gasteiger partial charge in [-0.2, -0.15) is 0 Å². The molecule has 0 spiro atoms. The number of carbonyl (C=O) groups excluding carboxylic acids is 1. The highest BCUT2D eigenvalue weighted by Gasteiger charge is 2.19. The van der Waals surface area contributed by atoms with Crippen molar-refractivity contribution in [1.29, 1.82) is 0 Å². The zero-order chi connectivity index (χ0) is 15.8. The molecule has 0 saturated carbocycles. The van der Waals surface area contributed by atoms with E-state index in [2.05, 4.69) is 0 Å². The summed E-state index contributed by atoms with van der Waals surface area (Å²) in [6.45, 7) is 3.48. The first-order valence-electron chi connectivity index (χ1n) is 6.72. The minimum Gasteiger partial charge on any atom is -0.497 e. The van der Waals surface area contributed by atoms with Gasteiger partial charge in [0.25, 0.3) is 0 Å². The second kappa shape index (κ2) is 8.14. The number of carboxylic acids is 1. The highest BCUT2D eigenvalue weighted by Crippen LogP contribution is 2.17. The lowest BCUT2D eigenvalue weighted by atomic mass is 10.2. The largest absolute Gasteiger partial charge is 0.497 e. The fourth-order valence-corrected chi connectivity index (χ4v) is 1.78. The quantitative estimate of drug-likeness (QED) is 0.791. The average molecular weight is 295 g/mol. The average Bonchev–Trinajstić information content (AvgIpc) is 2.45. The number of rotatable bonds is 8. The Morgan fingerprint density at radius 2 is 1.76 bits per heavy atom. The lowest BCUT2D eigenvalue weighted by Gasteiger charge is -2.24. The van der Waals surface area contributed by atoms with E-state index < -0.39 is 5.97 Å². The summed E-state index contributed by atoms with van der Waals surface area (Å²) in [5, 5.41) is 8.80. The Morgan fingerprint density at radius 3 is 2.24 bits per heavy atom. The Bertz CT molecular complexity index is 469. The molecule has 0 aliphatic carbocycles. The van der Waals surface area contributed by atoms with E-state index in [9.17, 15) is 9.59 Å². The molecule has 0 saturated heterocycles. The van der Waals surface area contributed by atoms with Crippen molar-refractivity contribution in [1.82, 2.24) is 4.90 Å². The van der Waals surface area contributed by atoms with Gasteiger partial charge in [0.1, 0.15) is 18.0 Å². The van der Waals surface area contributed by atoms with Crippen LogP contribution in [0.5, 0.6) is 11.5 Å². The van der Waals surface area contributed by atoms with Gasteiger partial charge in [0.2, 0.25) is 5.91 Å². The van der Waals surface area contributed by atoms with Crippen LogP contribution in [0.25, 0.3) is 0 Å². The summed E-state index contributed by atoms with van der Waals surface area (Å²) in [6, 6.07) is 6.88. The summed E-state index contributed by atoms with van der Waals surface area (Å²) in [6.07, 6.45) is 0.136. The molecule has 1 rings (SSSR count). The first-order valence-corrected chi connectivity index (χ1v) is 6.72. The van der Waals surface area contributed by atoms with Crippen LogP contribution in [0.2, 0.25) is 0 Å². The topological polar surface area (TPSA) is 76.1 Å². The zero-order valence-electron chi connectivity index (χ0n) is 12.5. The van der Waals surface area contributed by atoms with Crippen molar-refractivity contribution in [3.8, 4) is 11.5 Å². The monoisotopic (exact) mass is 295 g/mol. The van der Waals surface area contributed by atoms with Crippen LogP contribution in [0.15, 0.2) is 24.3 Å². The highest BCUT2D eigenvalue weighted by atomic mass is 16.5. The van der Waals surface area contributed by atoms with E-state index >= 15 is 0 Å². The van der Waals surface area contributed by atoms with Gasteiger partial charge in [0, 0.05) is 6.04 Å². The van der Waals surface area contributed by atoms with Gasteiger partial charge in [-0.15, -0.1) is 0 Å². The Morgan fingerprint density at radius 1 is 1.19 bits per heavy atom. The molecule has 6 heteroatoms. The van der Waals surface area contributed by atoms with Crippen molar-refractivity contribution in [2.75, 3.05) is 20.3 Å². The van der Waals surface area contributed by atoms with Crippen LogP contribution in [-0.4, -0.2) is 48.2 Å². The Kier molecular flexibility index (Phi) is 6.52. The summed E-state index contributed by atoms with van der Waals surface area (Å²) in [5.41, 5.74) is 0. The van der Waals surface area contributed by atoms with Gasteiger partial charge < -0.3 is 19.5 Å². The van der Waals surface area contributed by atoms with Crippen molar-refractivity contribution in [3.63, 3.8) is 0 Å². The van der Waals surface area contributed by atoms with Crippen molar-refractivity contribution < 1.29 is 24.2 Å². The summed E-state index contributed by atoms with van der Waals surface area (Å²) >= 11 is 0. The number of ether oxygens (including phenoxy) is 2. The van der Waals surface area contributed by atoms with E-state index in [1.54, 1.807) is 45.2 Å². The van der Waals surface area contributed by atoms with E-state index in [1.807, 2.05) is 0 Å². The number of amides is 1. The molecule has 0 atom stereocenters. The number of nitrogens with zero attached hydrogens (tertiary/aromatic N) is 1. The van der Waals surface area contributed by atoms with Gasteiger partial charge in [-0.1, -0.05) is 0 Å². The molecule has 0 aromatic heterocycles. The van der Waals surface area contributed by atoms with Crippen LogP contribution in [0.3, 0.4) is 0 Å². The molecule has 0 unspecified atom stereocenters. The predicted molar refractivity (Wildman–Crippen MR) is 77.6 cm³/mol. The normalized spacial score (nSPS) is 10.3. The van der Waals surface area contributed by atoms with Crippen molar-refractivity contribution in [2.24, 2.45) is 0 Å². The number of hydrogen-bond donors (Lipinski definition) is 1. The maximum absolute atomic E-state index is 12.0. The molecule has 0 radical (unpaired) electrons. The summed E-state index contributed by atoms with van der Waals surface area (Å²) < 4.78 is 10.5. The number of aliphatic carboxylic acids is 1. The molecule has 1 amide bonds. The van der Waals surface area contributed by atoms with Crippen LogP contribution in [0.1, 0.15) is 20.3 Å². The molecule has 0 aliphatic rings. The molecule has 1 aromatic rings. The molecule has 6 nitrogen and oxygen atoms in total. The minimum absolute atomic E-state index is 0.136. The summed E-state index contributed by atoms with van der Waals surface area (Å²) in [5.74, 6) is 0.109. The first kappa shape index (κ1) is 16.8. The molecule has 0 aliphatic heterocycles. The van der Waals surface area contributed by atoms with Crippen molar-refractivity contribution in [3.05, 3.63) is 24.3 Å². The van der Waals surface area contributed by atoms with Gasteiger partial charge in [-0.05, 0) is 38.1 Å². The maximum atomic E-state index is 12.0. The van der Waals surface area contributed by atoms with E-state index in [4.69, 9.17) is 14.6 Å². The van der Waals surface area contributed by atoms with Crippen LogP contribution >= 0.6 is 0 Å². The molecule has 1 aromatic carbocycles. The van der Waals surface area contributed by atoms with Crippen LogP contribution in [0, 0.1) is 0 Å². The van der Waals surface area contributed by atoms with Gasteiger partial charge in [-0.3, -0.25) is 9.59 Å². The maximum Gasteiger partial charge on any atom is 0.323 e. The molecule has 0 bridgehead atoms. The molecule has 0 fully saturated rings. The first-order chi connectivity index (χ1) is 9.93. The summed E-state index contributed by atoms with van der Waals surface area (Å²) in [7, 11) is 1.58. The lowest BCUT2D eigenvalue weighted by molar-refractivity contribution is -0.146. The number of methoxy groups -OCH3 is 1. The number of benzene rings is 1. The SMILES string of the molecule is COc1ccc(OCCC(=O)N(CC(=O)O)C(C)C)cc1. The second-order valence-corrected chi connectivity index (χ2v) is 4.78. The van der Waals surface area contributed by atoms with Gasteiger partial charge >= 0.3 is 5.97 Å². The zero-order valence-corrected chi connectivity index (χ0v) is 12.5. The molecular weight excluding hydrogens is 274 g/mol. The van der Waals surface area contributed by atoms with Gasteiger partial charge in [0.15, 0.2) is 0 Å². The third-order valence-corrected chi connectivity index (χ3v) is 2.89.